The molecule has 11 nitrogen and oxygen atoms in total. The van der Waals surface area contributed by atoms with E-state index in [0.717, 1.165) is 47.0 Å². The Kier molecular flexibility index (Phi) is 6.81. The number of anilines is 1. The summed E-state index contributed by atoms with van der Waals surface area (Å²) in [5.41, 5.74) is 2.62. The van der Waals surface area contributed by atoms with Crippen LogP contribution in [0.3, 0.4) is 0 Å². The molecule has 2 atom stereocenters. The number of thiazole rings is 1. The number of aromatic nitrogens is 5. The molecule has 2 aliphatic heterocycles. The van der Waals surface area contributed by atoms with Crippen molar-refractivity contribution in [2.45, 2.75) is 35.2 Å². The van der Waals surface area contributed by atoms with Crippen LogP contribution in [0.4, 0.5) is 5.13 Å². The number of fused-ring (bicyclic) bond motifs is 4. The second kappa shape index (κ2) is 10.7. The number of methoxy groups -OCH3 is 1. The molecule has 5 aromatic rings. The van der Waals surface area contributed by atoms with Gasteiger partial charge in [-0.15, -0.1) is 15.3 Å². The summed E-state index contributed by atoms with van der Waals surface area (Å²) >= 11 is 2.84. The van der Waals surface area contributed by atoms with Crippen LogP contribution in [0.2, 0.25) is 0 Å². The normalized spacial score (nSPS) is 18.6. The van der Waals surface area contributed by atoms with Crippen LogP contribution in [0.15, 0.2) is 64.6 Å². The van der Waals surface area contributed by atoms with Gasteiger partial charge in [0.25, 0.3) is 5.91 Å². The molecule has 0 unspecified atom stereocenters. The molecule has 2 fully saturated rings. The molecule has 2 bridgehead atoms. The molecule has 0 radical (unpaired) electrons. The maximum Gasteiger partial charge on any atom is 0.252 e. The van der Waals surface area contributed by atoms with Crippen LogP contribution in [0.1, 0.15) is 12.0 Å². The van der Waals surface area contributed by atoms with Crippen LogP contribution in [0.25, 0.3) is 15.9 Å². The zero-order valence-corrected chi connectivity index (χ0v) is 23.2. The zero-order chi connectivity index (χ0) is 27.1. The number of benzene rings is 2. The second-order valence-corrected chi connectivity index (χ2v) is 11.8. The quantitative estimate of drug-likeness (QED) is 0.274. The maximum atomic E-state index is 11.8. The number of morpholine rings is 1. The van der Waals surface area contributed by atoms with Gasteiger partial charge in [-0.1, -0.05) is 23.5 Å². The summed E-state index contributed by atoms with van der Waals surface area (Å²) in [6.07, 6.45) is 1.51. The van der Waals surface area contributed by atoms with E-state index in [1.807, 2.05) is 36.4 Å². The molecule has 2 aromatic carbocycles. The van der Waals surface area contributed by atoms with Crippen LogP contribution in [-0.4, -0.2) is 74.6 Å². The molecule has 2 aliphatic rings. The number of carbonyl (C=O) groups excluding carboxylic acids is 1. The first-order valence-electron chi connectivity index (χ1n) is 12.8. The molecular formula is C27H25N7O4S2. The highest BCUT2D eigenvalue weighted by Crippen LogP contribution is 2.34. The Morgan fingerprint density at radius 2 is 2.15 bits per heavy atom. The molecule has 5 heterocycles. The van der Waals surface area contributed by atoms with Gasteiger partial charge in [0, 0.05) is 37.2 Å². The molecule has 13 heteroatoms. The SMILES string of the molecule is COCC(=O)Nc1nc2ccc(Sc3nnc4ccc(Oc5cccc(CN6C[C@@H]7C[C@H]6CO7)c5)nn34)cc2s1. The number of ether oxygens (including phenoxy) is 3. The van der Waals surface area contributed by atoms with E-state index in [4.69, 9.17) is 14.2 Å². The van der Waals surface area contributed by atoms with E-state index in [0.29, 0.717) is 34.0 Å². The first kappa shape index (κ1) is 25.4. The second-order valence-electron chi connectivity index (χ2n) is 9.68. The Morgan fingerprint density at radius 3 is 3.00 bits per heavy atom. The Morgan fingerprint density at radius 1 is 1.20 bits per heavy atom. The fraction of sp³-hybridized carbons (Fsp3) is 0.296. The largest absolute Gasteiger partial charge is 0.438 e. The minimum Gasteiger partial charge on any atom is -0.438 e. The summed E-state index contributed by atoms with van der Waals surface area (Å²) in [5.74, 6) is 0.945. The Hall–Kier alpha value is -3.62. The van der Waals surface area contributed by atoms with Gasteiger partial charge in [-0.25, -0.2) is 4.98 Å². The predicted molar refractivity (Wildman–Crippen MR) is 150 cm³/mol. The third kappa shape index (κ3) is 5.25. The van der Waals surface area contributed by atoms with E-state index in [1.54, 1.807) is 10.6 Å². The summed E-state index contributed by atoms with van der Waals surface area (Å²) in [6.45, 7) is 2.68. The van der Waals surface area contributed by atoms with E-state index in [9.17, 15) is 4.79 Å². The van der Waals surface area contributed by atoms with Gasteiger partial charge in [0.15, 0.2) is 10.8 Å². The number of hydrogen-bond donors (Lipinski definition) is 1. The molecule has 0 saturated carbocycles. The van der Waals surface area contributed by atoms with Crippen LogP contribution >= 0.6 is 23.1 Å². The summed E-state index contributed by atoms with van der Waals surface area (Å²) in [6, 6.07) is 18.2. The average Bonchev–Trinajstić information content (AvgIpc) is 3.73. The van der Waals surface area contributed by atoms with Crippen molar-refractivity contribution in [2.75, 3.05) is 32.2 Å². The third-order valence-corrected chi connectivity index (χ3v) is 8.68. The lowest BCUT2D eigenvalue weighted by molar-refractivity contribution is -0.119. The lowest BCUT2D eigenvalue weighted by Gasteiger charge is -2.26. The molecule has 1 amide bonds. The lowest BCUT2D eigenvalue weighted by Crippen LogP contribution is -2.36. The number of hydrogen-bond acceptors (Lipinski definition) is 11. The fourth-order valence-corrected chi connectivity index (χ4v) is 6.84. The maximum absolute atomic E-state index is 11.8. The van der Waals surface area contributed by atoms with E-state index in [1.165, 1.54) is 35.8 Å². The molecule has 40 heavy (non-hydrogen) atoms. The van der Waals surface area contributed by atoms with Crippen molar-refractivity contribution in [3.8, 4) is 11.6 Å². The van der Waals surface area contributed by atoms with Crippen LogP contribution in [0, 0.1) is 0 Å². The predicted octanol–water partition coefficient (Wildman–Crippen LogP) is 4.24. The summed E-state index contributed by atoms with van der Waals surface area (Å²) in [7, 11) is 1.48. The van der Waals surface area contributed by atoms with Gasteiger partial charge >= 0.3 is 0 Å². The molecule has 0 aliphatic carbocycles. The van der Waals surface area contributed by atoms with Gasteiger partial charge in [-0.2, -0.15) is 4.52 Å². The van der Waals surface area contributed by atoms with Crippen molar-refractivity contribution in [1.82, 2.24) is 29.7 Å². The number of nitrogens with zero attached hydrogens (tertiary/aromatic N) is 6. The van der Waals surface area contributed by atoms with Gasteiger partial charge in [-0.3, -0.25) is 15.0 Å². The lowest BCUT2D eigenvalue weighted by atomic mass is 10.2. The minimum absolute atomic E-state index is 0.0175. The van der Waals surface area contributed by atoms with Gasteiger partial charge < -0.3 is 14.2 Å². The number of amides is 1. The van der Waals surface area contributed by atoms with E-state index in [-0.39, 0.29) is 12.5 Å². The first-order valence-corrected chi connectivity index (χ1v) is 14.4. The minimum atomic E-state index is -0.240. The van der Waals surface area contributed by atoms with E-state index in [2.05, 4.69) is 42.6 Å². The third-order valence-electron chi connectivity index (χ3n) is 6.82. The average molecular weight is 576 g/mol. The van der Waals surface area contributed by atoms with Crippen molar-refractivity contribution in [3.05, 3.63) is 60.2 Å². The van der Waals surface area contributed by atoms with Crippen molar-refractivity contribution < 1.29 is 19.0 Å². The fourth-order valence-electron chi connectivity index (χ4n) is 5.02. The Bertz CT molecular complexity index is 1710. The first-order chi connectivity index (χ1) is 19.6. The summed E-state index contributed by atoms with van der Waals surface area (Å²) in [5, 5.41) is 17.1. The molecule has 0 spiro atoms. The number of rotatable bonds is 9. The highest BCUT2D eigenvalue weighted by molar-refractivity contribution is 7.99. The Labute approximate surface area is 237 Å². The number of likely N-dealkylation sites (tertiary alicyclic amines) is 1. The van der Waals surface area contributed by atoms with Crippen LogP contribution in [0.5, 0.6) is 11.6 Å². The van der Waals surface area contributed by atoms with Crippen molar-refractivity contribution in [3.63, 3.8) is 0 Å². The van der Waals surface area contributed by atoms with Crippen molar-refractivity contribution >= 4 is 50.0 Å². The molecule has 2 saturated heterocycles. The van der Waals surface area contributed by atoms with Gasteiger partial charge in [0.1, 0.15) is 12.4 Å². The van der Waals surface area contributed by atoms with E-state index >= 15 is 0 Å². The van der Waals surface area contributed by atoms with Crippen LogP contribution < -0.4 is 10.1 Å². The zero-order valence-electron chi connectivity index (χ0n) is 21.5. The van der Waals surface area contributed by atoms with Gasteiger partial charge in [-0.05, 0) is 60.1 Å². The Balaban J connectivity index is 1.07. The molecule has 7 rings (SSSR count). The summed E-state index contributed by atoms with van der Waals surface area (Å²) < 4.78 is 19.4. The summed E-state index contributed by atoms with van der Waals surface area (Å²) in [4.78, 5) is 19.7. The molecule has 3 aromatic heterocycles. The van der Waals surface area contributed by atoms with Gasteiger partial charge in [0.05, 0.1) is 22.9 Å². The topological polar surface area (TPSA) is 116 Å². The standard InChI is InChI=1S/C27H25N7O4S2/c1-36-15-24(35)29-26-28-21-6-5-20(11-22(21)40-26)39-27-31-30-23-7-8-25(32-34(23)27)38-18-4-2-3-16(9-18)12-33-13-19-10-17(33)14-37-19/h2-9,11,17,19H,10,12-15H2,1H3,(H,28,29,35)/t17-,19-/m0/s1. The van der Waals surface area contributed by atoms with Crippen molar-refractivity contribution in [1.29, 1.82) is 0 Å². The van der Waals surface area contributed by atoms with Crippen molar-refractivity contribution in [2.24, 2.45) is 0 Å². The van der Waals surface area contributed by atoms with E-state index < -0.39 is 0 Å². The number of nitrogens with one attached hydrogen (secondary N) is 1. The molecule has 1 N–H and O–H groups in total. The smallest absolute Gasteiger partial charge is 0.252 e. The molecule has 204 valence electrons. The number of carbonyl (C=O) groups is 1. The van der Waals surface area contributed by atoms with Gasteiger partial charge in [0.2, 0.25) is 11.0 Å². The van der Waals surface area contributed by atoms with Crippen LogP contribution in [-0.2, 0) is 20.8 Å². The highest BCUT2D eigenvalue weighted by Gasteiger charge is 2.38. The molecular weight excluding hydrogens is 550 g/mol. The monoisotopic (exact) mass is 575 g/mol. The highest BCUT2D eigenvalue weighted by atomic mass is 32.2.